The van der Waals surface area contributed by atoms with Crippen molar-refractivity contribution in [2.45, 2.75) is 54.8 Å². The molecule has 2 saturated heterocycles. The zero-order valence-corrected chi connectivity index (χ0v) is 18.8. The van der Waals surface area contributed by atoms with E-state index in [1.54, 1.807) is 24.3 Å². The van der Waals surface area contributed by atoms with E-state index in [1.807, 2.05) is 0 Å². The van der Waals surface area contributed by atoms with Gasteiger partial charge in [0.05, 0.1) is 25.4 Å². The van der Waals surface area contributed by atoms with Crippen molar-refractivity contribution >= 4 is 5.97 Å². The highest BCUT2D eigenvalue weighted by Crippen LogP contribution is 2.60. The number of hydrogen-bond acceptors (Lipinski definition) is 11. The van der Waals surface area contributed by atoms with Gasteiger partial charge in [0.2, 0.25) is 6.29 Å². The molecule has 192 valence electrons. The Bertz CT molecular complexity index is 911. The summed E-state index contributed by atoms with van der Waals surface area (Å²) in [5.74, 6) is -1.73. The lowest BCUT2D eigenvalue weighted by Gasteiger charge is -2.43. The van der Waals surface area contributed by atoms with Gasteiger partial charge >= 0.3 is 5.97 Å². The summed E-state index contributed by atoms with van der Waals surface area (Å²) in [4.78, 5) is 12.5. The van der Waals surface area contributed by atoms with E-state index in [9.17, 15) is 30.3 Å². The zero-order chi connectivity index (χ0) is 25.3. The molecule has 0 aromatic heterocycles. The molecule has 0 bridgehead atoms. The second kappa shape index (κ2) is 10.3. The largest absolute Gasteiger partial charge is 0.472 e. The summed E-state index contributed by atoms with van der Waals surface area (Å²) < 4.78 is 28.2. The van der Waals surface area contributed by atoms with Crippen LogP contribution >= 0.6 is 0 Å². The van der Waals surface area contributed by atoms with Gasteiger partial charge in [0.15, 0.2) is 6.29 Å². The number of esters is 1. The number of rotatable bonds is 9. The molecule has 11 unspecified atom stereocenters. The molecule has 11 nitrogen and oxygen atoms in total. The summed E-state index contributed by atoms with van der Waals surface area (Å²) in [5, 5.41) is 49.9. The van der Waals surface area contributed by atoms with E-state index in [4.69, 9.17) is 23.7 Å². The predicted molar refractivity (Wildman–Crippen MR) is 118 cm³/mol. The van der Waals surface area contributed by atoms with Gasteiger partial charge in [-0.1, -0.05) is 31.4 Å². The Kier molecular flexibility index (Phi) is 7.60. The topological polar surface area (TPSA) is 168 Å². The third kappa shape index (κ3) is 4.61. The van der Waals surface area contributed by atoms with Crippen molar-refractivity contribution in [1.29, 1.82) is 0 Å². The smallest absolute Gasteiger partial charge is 0.331 e. The second-order valence-corrected chi connectivity index (χ2v) is 8.76. The highest BCUT2D eigenvalue weighted by molar-refractivity contribution is 5.83. The normalized spacial score (nSPS) is 44.3. The van der Waals surface area contributed by atoms with Gasteiger partial charge in [0.25, 0.3) is 0 Å². The maximum absolute atomic E-state index is 12.5. The first-order chi connectivity index (χ1) is 16.8. The molecule has 4 rings (SSSR count). The molecule has 0 spiro atoms. The molecule has 1 saturated carbocycles. The molecule has 0 aromatic rings. The summed E-state index contributed by atoms with van der Waals surface area (Å²) in [6.07, 6.45) is 0.697. The standard InChI is InChI=1S/C24H30O11/c1-3-5-12(4-2)6-7-15(27)33-20-13-8-9-31-22(16(13)24(11-26)21(20)35-24)34-23-19(30)18(29)17(28)14(10-25)32-23/h3-9,13-14,16-23,25-26,28-30H,1-2,10-11H2. The van der Waals surface area contributed by atoms with E-state index in [0.29, 0.717) is 5.57 Å². The predicted octanol–water partition coefficient (Wildman–Crippen LogP) is -1.18. The van der Waals surface area contributed by atoms with Gasteiger partial charge < -0.3 is 49.2 Å². The van der Waals surface area contributed by atoms with Crippen LogP contribution in [0.3, 0.4) is 0 Å². The fourth-order valence-corrected chi connectivity index (χ4v) is 4.95. The molecule has 0 radical (unpaired) electrons. The lowest BCUT2D eigenvalue weighted by molar-refractivity contribution is -0.344. The Morgan fingerprint density at radius 1 is 1.09 bits per heavy atom. The van der Waals surface area contributed by atoms with Crippen LogP contribution in [0.1, 0.15) is 0 Å². The third-order valence-corrected chi connectivity index (χ3v) is 6.81. The van der Waals surface area contributed by atoms with Crippen LogP contribution in [0.4, 0.5) is 0 Å². The number of ether oxygens (including phenoxy) is 5. The van der Waals surface area contributed by atoms with Crippen LogP contribution in [0.15, 0.2) is 61.4 Å². The average Bonchev–Trinajstić information content (AvgIpc) is 3.54. The molecule has 11 heteroatoms. The summed E-state index contributed by atoms with van der Waals surface area (Å²) >= 11 is 0. The Labute approximate surface area is 201 Å². The highest BCUT2D eigenvalue weighted by atomic mass is 16.8. The van der Waals surface area contributed by atoms with Gasteiger partial charge in [0.1, 0.15) is 42.2 Å². The van der Waals surface area contributed by atoms with Crippen molar-refractivity contribution in [2.75, 3.05) is 13.2 Å². The van der Waals surface area contributed by atoms with Crippen molar-refractivity contribution in [2.24, 2.45) is 11.8 Å². The van der Waals surface area contributed by atoms with E-state index >= 15 is 0 Å². The minimum Gasteiger partial charge on any atom is -0.472 e. The minimum absolute atomic E-state index is 0.406. The van der Waals surface area contributed by atoms with Crippen molar-refractivity contribution in [3.8, 4) is 0 Å². The monoisotopic (exact) mass is 494 g/mol. The van der Waals surface area contributed by atoms with Crippen molar-refractivity contribution in [1.82, 2.24) is 0 Å². The van der Waals surface area contributed by atoms with E-state index in [-0.39, 0.29) is 0 Å². The van der Waals surface area contributed by atoms with Crippen LogP contribution < -0.4 is 0 Å². The van der Waals surface area contributed by atoms with Gasteiger partial charge in [-0.2, -0.15) is 0 Å². The second-order valence-electron chi connectivity index (χ2n) is 8.76. The fourth-order valence-electron chi connectivity index (χ4n) is 4.95. The van der Waals surface area contributed by atoms with Crippen LogP contribution in [0.5, 0.6) is 0 Å². The molecular formula is C24H30O11. The van der Waals surface area contributed by atoms with E-state index in [1.165, 1.54) is 18.4 Å². The molecule has 4 aliphatic rings. The average molecular weight is 494 g/mol. The summed E-state index contributed by atoms with van der Waals surface area (Å²) in [7, 11) is 0. The molecule has 35 heavy (non-hydrogen) atoms. The fraction of sp³-hybridized carbons (Fsp3) is 0.542. The number of aliphatic hydroxyl groups is 5. The summed E-state index contributed by atoms with van der Waals surface area (Å²) in [6.45, 7) is 6.23. The molecule has 3 aliphatic heterocycles. The number of carbonyl (C=O) groups excluding carboxylic acids is 1. The zero-order valence-electron chi connectivity index (χ0n) is 18.8. The third-order valence-electron chi connectivity index (χ3n) is 6.81. The summed E-state index contributed by atoms with van der Waals surface area (Å²) in [5.41, 5.74) is -0.453. The molecule has 1 aliphatic carbocycles. The maximum atomic E-state index is 12.5. The SMILES string of the molecule is C=CC=C(C=C)C=CC(=O)OC1C2C=COC(OC3OC(CO)C(O)C(O)C3O)C2C2(CO)OC12. The van der Waals surface area contributed by atoms with Crippen LogP contribution in [0.25, 0.3) is 0 Å². The number of hydrogen-bond donors (Lipinski definition) is 5. The highest BCUT2D eigenvalue weighted by Gasteiger charge is 2.77. The molecule has 3 fully saturated rings. The van der Waals surface area contributed by atoms with Crippen molar-refractivity contribution in [3.63, 3.8) is 0 Å². The van der Waals surface area contributed by atoms with Crippen LogP contribution in [-0.2, 0) is 28.5 Å². The van der Waals surface area contributed by atoms with Crippen molar-refractivity contribution < 1.29 is 54.0 Å². The lowest BCUT2D eigenvalue weighted by Crippen LogP contribution is -2.60. The Balaban J connectivity index is 1.49. The number of fused-ring (bicyclic) bond motifs is 3. The number of carbonyl (C=O) groups is 1. The minimum atomic E-state index is -1.63. The van der Waals surface area contributed by atoms with E-state index in [2.05, 4.69) is 13.2 Å². The van der Waals surface area contributed by atoms with Gasteiger partial charge in [-0.15, -0.1) is 0 Å². The number of aliphatic hydroxyl groups excluding tert-OH is 5. The number of allylic oxidation sites excluding steroid dienone is 5. The van der Waals surface area contributed by atoms with Crippen LogP contribution in [-0.4, -0.2) is 99.5 Å². The Hall–Kier alpha value is -2.35. The lowest BCUT2D eigenvalue weighted by atomic mass is 9.85. The van der Waals surface area contributed by atoms with Gasteiger partial charge in [0, 0.05) is 12.0 Å². The van der Waals surface area contributed by atoms with E-state index in [0.717, 1.165) is 0 Å². The van der Waals surface area contributed by atoms with Crippen molar-refractivity contribution in [3.05, 3.63) is 61.4 Å². The maximum Gasteiger partial charge on any atom is 0.331 e. The molecule has 3 heterocycles. The first-order valence-electron chi connectivity index (χ1n) is 11.2. The van der Waals surface area contributed by atoms with Crippen LogP contribution in [0, 0.1) is 11.8 Å². The molecule has 11 atom stereocenters. The first-order valence-corrected chi connectivity index (χ1v) is 11.2. The van der Waals surface area contributed by atoms with Crippen LogP contribution in [0.2, 0.25) is 0 Å². The van der Waals surface area contributed by atoms with E-state index < -0.39 is 85.8 Å². The number of epoxide rings is 1. The Morgan fingerprint density at radius 3 is 2.51 bits per heavy atom. The Morgan fingerprint density at radius 2 is 1.86 bits per heavy atom. The molecule has 0 aromatic carbocycles. The summed E-state index contributed by atoms with van der Waals surface area (Å²) in [6, 6.07) is 0. The molecule has 5 N–H and O–H groups in total. The quantitative estimate of drug-likeness (QED) is 0.113. The van der Waals surface area contributed by atoms with Gasteiger partial charge in [-0.25, -0.2) is 4.79 Å². The molecule has 0 amide bonds. The molecular weight excluding hydrogens is 464 g/mol. The van der Waals surface area contributed by atoms with Gasteiger partial charge in [-0.3, -0.25) is 0 Å². The first kappa shape index (κ1) is 25.7. The van der Waals surface area contributed by atoms with Gasteiger partial charge in [-0.05, 0) is 17.7 Å².